The van der Waals surface area contributed by atoms with Gasteiger partial charge in [0.1, 0.15) is 12.1 Å². The van der Waals surface area contributed by atoms with E-state index in [4.69, 9.17) is 10.4 Å². The smallest absolute Gasteiger partial charge is 0.321 e. The maximum Gasteiger partial charge on any atom is 0.321 e. The lowest BCUT2D eigenvalue weighted by Crippen LogP contribution is -2.38. The van der Waals surface area contributed by atoms with Crippen molar-refractivity contribution in [1.29, 1.82) is 5.26 Å². The Morgan fingerprint density at radius 3 is 2.59 bits per heavy atom. The molecule has 6 nitrogen and oxygen atoms in total. The minimum absolute atomic E-state index is 0.0300. The number of sulfonamides is 1. The van der Waals surface area contributed by atoms with Crippen LogP contribution in [-0.2, 0) is 14.8 Å². The first-order valence-electron chi connectivity index (χ1n) is 4.62. The average molecular weight is 254 g/mol. The van der Waals surface area contributed by atoms with Crippen LogP contribution in [0.2, 0.25) is 0 Å². The van der Waals surface area contributed by atoms with Crippen molar-refractivity contribution in [2.24, 2.45) is 0 Å². The maximum atomic E-state index is 11.8. The van der Waals surface area contributed by atoms with E-state index in [0.717, 1.165) is 0 Å². The zero-order valence-electron chi connectivity index (χ0n) is 8.91. The summed E-state index contributed by atoms with van der Waals surface area (Å²) in [7, 11) is -4.00. The highest BCUT2D eigenvalue weighted by atomic mass is 32.2. The number of carboxylic acids is 1. The molecule has 0 aliphatic heterocycles. The first kappa shape index (κ1) is 13.2. The number of hydrogen-bond acceptors (Lipinski definition) is 4. The lowest BCUT2D eigenvalue weighted by Gasteiger charge is -2.10. The molecular weight excluding hydrogens is 244 g/mol. The van der Waals surface area contributed by atoms with E-state index in [0.29, 0.717) is 0 Å². The second-order valence-corrected chi connectivity index (χ2v) is 4.97. The second-order valence-electron chi connectivity index (χ2n) is 3.29. The van der Waals surface area contributed by atoms with Gasteiger partial charge in [-0.1, -0.05) is 12.1 Å². The molecule has 0 aliphatic carbocycles. The quantitative estimate of drug-likeness (QED) is 0.804. The average Bonchev–Trinajstić information content (AvgIpc) is 2.28. The van der Waals surface area contributed by atoms with Crippen molar-refractivity contribution in [2.45, 2.75) is 17.9 Å². The molecule has 7 heteroatoms. The third kappa shape index (κ3) is 3.03. The molecule has 0 fully saturated rings. The summed E-state index contributed by atoms with van der Waals surface area (Å²) in [5, 5.41) is 17.4. The minimum atomic E-state index is -4.00. The SMILES string of the molecule is C[C@@H](NS(=O)(=O)c1ccccc1C#N)C(=O)O. The van der Waals surface area contributed by atoms with E-state index in [1.54, 1.807) is 6.07 Å². The van der Waals surface area contributed by atoms with E-state index in [1.807, 2.05) is 4.72 Å². The van der Waals surface area contributed by atoms with Gasteiger partial charge in [0.2, 0.25) is 10.0 Å². The lowest BCUT2D eigenvalue weighted by atomic mass is 10.2. The summed E-state index contributed by atoms with van der Waals surface area (Å²) in [6.45, 7) is 1.20. The molecule has 0 unspecified atom stereocenters. The van der Waals surface area contributed by atoms with Crippen LogP contribution in [0.5, 0.6) is 0 Å². The summed E-state index contributed by atoms with van der Waals surface area (Å²) in [5.74, 6) is -1.29. The van der Waals surface area contributed by atoms with Crippen molar-refractivity contribution >= 4 is 16.0 Å². The summed E-state index contributed by atoms with van der Waals surface area (Å²) >= 11 is 0. The number of benzene rings is 1. The fourth-order valence-electron chi connectivity index (χ4n) is 1.14. The van der Waals surface area contributed by atoms with Gasteiger partial charge in [0.25, 0.3) is 0 Å². The summed E-state index contributed by atoms with van der Waals surface area (Å²) in [6.07, 6.45) is 0. The molecule has 2 N–H and O–H groups in total. The number of carbonyl (C=O) groups is 1. The van der Waals surface area contributed by atoms with Crippen molar-refractivity contribution < 1.29 is 18.3 Å². The normalized spacial score (nSPS) is 12.7. The standard InChI is InChI=1S/C10H10N2O4S/c1-7(10(13)14)12-17(15,16)9-5-3-2-4-8(9)6-11/h2-5,7,12H,1H3,(H,13,14)/t7-/m1/s1. The Bertz CT molecular complexity index is 574. The molecule has 0 saturated carbocycles. The predicted octanol–water partition coefficient (Wildman–Crippen LogP) is 0.310. The number of hydrogen-bond donors (Lipinski definition) is 2. The third-order valence-corrected chi connectivity index (χ3v) is 3.60. The van der Waals surface area contributed by atoms with Gasteiger partial charge in [0, 0.05) is 0 Å². The van der Waals surface area contributed by atoms with Crippen LogP contribution in [0.3, 0.4) is 0 Å². The van der Waals surface area contributed by atoms with Crippen molar-refractivity contribution in [3.8, 4) is 6.07 Å². The number of nitrogens with zero attached hydrogens (tertiary/aromatic N) is 1. The molecule has 0 aromatic heterocycles. The van der Waals surface area contributed by atoms with Crippen LogP contribution >= 0.6 is 0 Å². The molecule has 0 saturated heterocycles. The van der Waals surface area contributed by atoms with Crippen LogP contribution in [0.15, 0.2) is 29.2 Å². The maximum absolute atomic E-state index is 11.8. The topological polar surface area (TPSA) is 107 Å². The molecule has 1 atom stereocenters. The van der Waals surface area contributed by atoms with Crippen LogP contribution in [0.4, 0.5) is 0 Å². The third-order valence-electron chi connectivity index (χ3n) is 2.00. The molecule has 1 aromatic rings. The molecule has 17 heavy (non-hydrogen) atoms. The largest absolute Gasteiger partial charge is 0.480 e. The van der Waals surface area contributed by atoms with E-state index >= 15 is 0 Å². The number of carboxylic acid groups (broad SMARTS) is 1. The van der Waals surface area contributed by atoms with Crippen molar-refractivity contribution in [1.82, 2.24) is 4.72 Å². The zero-order valence-corrected chi connectivity index (χ0v) is 9.73. The van der Waals surface area contributed by atoms with Gasteiger partial charge in [0.05, 0.1) is 10.5 Å². The van der Waals surface area contributed by atoms with Crippen molar-refractivity contribution in [3.63, 3.8) is 0 Å². The van der Waals surface area contributed by atoms with Gasteiger partial charge in [-0.3, -0.25) is 4.79 Å². The van der Waals surface area contributed by atoms with Crippen LogP contribution in [0, 0.1) is 11.3 Å². The fourth-order valence-corrected chi connectivity index (χ4v) is 2.49. The summed E-state index contributed by atoms with van der Waals surface area (Å²) in [5.41, 5.74) is -0.0300. The van der Waals surface area contributed by atoms with E-state index in [2.05, 4.69) is 0 Å². The molecule has 90 valence electrons. The van der Waals surface area contributed by atoms with Crippen molar-refractivity contribution in [2.75, 3.05) is 0 Å². The minimum Gasteiger partial charge on any atom is -0.480 e. The van der Waals surface area contributed by atoms with Gasteiger partial charge in [-0.15, -0.1) is 0 Å². The number of rotatable bonds is 4. The molecule has 0 radical (unpaired) electrons. The second kappa shape index (κ2) is 4.95. The van der Waals surface area contributed by atoms with Gasteiger partial charge in [-0.2, -0.15) is 9.98 Å². The Labute approximate surface area is 98.6 Å². The molecule has 0 amide bonds. The number of nitrogens with one attached hydrogen (secondary N) is 1. The first-order valence-corrected chi connectivity index (χ1v) is 6.11. The van der Waals surface area contributed by atoms with Crippen LogP contribution < -0.4 is 4.72 Å². The molecule has 1 rings (SSSR count). The molecule has 0 spiro atoms. The van der Waals surface area contributed by atoms with Gasteiger partial charge >= 0.3 is 5.97 Å². The highest BCUT2D eigenvalue weighted by molar-refractivity contribution is 7.89. The van der Waals surface area contributed by atoms with E-state index in [-0.39, 0.29) is 10.5 Å². The van der Waals surface area contributed by atoms with Gasteiger partial charge in [-0.05, 0) is 19.1 Å². The summed E-state index contributed by atoms with van der Waals surface area (Å²) < 4.78 is 25.6. The predicted molar refractivity (Wildman–Crippen MR) is 58.6 cm³/mol. The zero-order chi connectivity index (χ0) is 13.1. The highest BCUT2D eigenvalue weighted by Gasteiger charge is 2.23. The first-order chi connectivity index (χ1) is 7.88. The van der Waals surface area contributed by atoms with E-state index < -0.39 is 22.0 Å². The fraction of sp³-hybridized carbons (Fsp3) is 0.200. The number of aliphatic carboxylic acids is 1. The molecule has 0 aliphatic rings. The van der Waals surface area contributed by atoms with Gasteiger partial charge < -0.3 is 5.11 Å². The molecule has 0 bridgehead atoms. The Morgan fingerprint density at radius 1 is 1.47 bits per heavy atom. The summed E-state index contributed by atoms with van der Waals surface area (Å²) in [4.78, 5) is 10.3. The summed E-state index contributed by atoms with van der Waals surface area (Å²) in [6, 6.07) is 6.06. The van der Waals surface area contributed by atoms with Gasteiger partial charge in [0.15, 0.2) is 0 Å². The van der Waals surface area contributed by atoms with E-state index in [1.165, 1.54) is 31.2 Å². The Balaban J connectivity index is 3.15. The molecule has 0 heterocycles. The van der Waals surface area contributed by atoms with Crippen molar-refractivity contribution in [3.05, 3.63) is 29.8 Å². The Kier molecular flexibility index (Phi) is 3.83. The van der Waals surface area contributed by atoms with Gasteiger partial charge in [-0.25, -0.2) is 8.42 Å². The Hall–Kier alpha value is -1.91. The van der Waals surface area contributed by atoms with E-state index in [9.17, 15) is 13.2 Å². The monoisotopic (exact) mass is 254 g/mol. The Morgan fingerprint density at radius 2 is 2.06 bits per heavy atom. The molecule has 1 aromatic carbocycles. The lowest BCUT2D eigenvalue weighted by molar-refractivity contribution is -0.138. The highest BCUT2D eigenvalue weighted by Crippen LogP contribution is 2.14. The number of nitriles is 1. The van der Waals surface area contributed by atoms with Crippen LogP contribution in [0.25, 0.3) is 0 Å². The molecular formula is C10H10N2O4S. The van der Waals surface area contributed by atoms with Crippen LogP contribution in [0.1, 0.15) is 12.5 Å². The van der Waals surface area contributed by atoms with Crippen LogP contribution in [-0.4, -0.2) is 25.5 Å².